The summed E-state index contributed by atoms with van der Waals surface area (Å²) in [4.78, 5) is 18.0. The lowest BCUT2D eigenvalue weighted by atomic mass is 9.86. The van der Waals surface area contributed by atoms with Crippen molar-refractivity contribution in [1.29, 1.82) is 0 Å². The van der Waals surface area contributed by atoms with E-state index in [9.17, 15) is 4.79 Å². The summed E-state index contributed by atoms with van der Waals surface area (Å²) in [7, 11) is 0. The molecule has 148 valence electrons. The molecule has 0 saturated heterocycles. The smallest absolute Gasteiger partial charge is 0.237 e. The fourth-order valence-corrected chi connectivity index (χ4v) is 3.38. The molecule has 4 heteroatoms. The van der Waals surface area contributed by atoms with Crippen LogP contribution in [0.25, 0.3) is 0 Å². The molecule has 0 unspecified atom stereocenters. The van der Waals surface area contributed by atoms with Crippen molar-refractivity contribution in [2.75, 3.05) is 0 Å². The number of aliphatic imine (C=N–C) groups is 1. The number of hydrogen-bond donors (Lipinski definition) is 0. The monoisotopic (exact) mass is 402 g/mol. The molecule has 0 aliphatic heterocycles. The number of rotatable bonds is 6. The molecule has 0 radical (unpaired) electrons. The summed E-state index contributed by atoms with van der Waals surface area (Å²) >= 11 is 5.61. The zero-order valence-electron chi connectivity index (χ0n) is 17.1. The molecule has 0 spiro atoms. The number of pyridine rings is 1. The molecule has 3 rings (SSSR count). The second kappa shape index (κ2) is 9.10. The second-order valence-corrected chi connectivity index (χ2v) is 8.48. The van der Waals surface area contributed by atoms with Gasteiger partial charge in [-0.2, -0.15) is 4.57 Å². The average molecular weight is 403 g/mol. The summed E-state index contributed by atoms with van der Waals surface area (Å²) in [6, 6.07) is 22.8. The minimum Gasteiger partial charge on any atom is -0.758 e. The SMILES string of the molecule is CC(C)(C)c1ccc(C(=O)[C@H](C([S-])=NCc2ccccc2)[n+]2ccccc2)cc1. The van der Waals surface area contributed by atoms with Crippen LogP contribution < -0.4 is 4.57 Å². The zero-order valence-corrected chi connectivity index (χ0v) is 17.9. The first kappa shape index (κ1) is 20.9. The van der Waals surface area contributed by atoms with Crippen LogP contribution in [0.15, 0.2) is 90.2 Å². The molecule has 0 fully saturated rings. The van der Waals surface area contributed by atoms with E-state index in [-0.39, 0.29) is 11.2 Å². The Labute approximate surface area is 178 Å². The third-order valence-electron chi connectivity index (χ3n) is 4.81. The van der Waals surface area contributed by atoms with Gasteiger partial charge < -0.3 is 17.6 Å². The van der Waals surface area contributed by atoms with Gasteiger partial charge in [-0.1, -0.05) is 81.4 Å². The molecule has 1 heterocycles. The highest BCUT2D eigenvalue weighted by atomic mass is 32.1. The van der Waals surface area contributed by atoms with E-state index in [4.69, 9.17) is 12.6 Å². The highest BCUT2D eigenvalue weighted by Crippen LogP contribution is 2.23. The lowest BCUT2D eigenvalue weighted by Crippen LogP contribution is -2.47. The van der Waals surface area contributed by atoms with Crippen LogP contribution in [0.3, 0.4) is 0 Å². The number of nitrogens with zero attached hydrogens (tertiary/aromatic N) is 2. The number of benzene rings is 2. The number of hydrogen-bond acceptors (Lipinski definition) is 3. The predicted octanol–water partition coefficient (Wildman–Crippen LogP) is 4.84. The van der Waals surface area contributed by atoms with Crippen molar-refractivity contribution in [2.24, 2.45) is 4.99 Å². The summed E-state index contributed by atoms with van der Waals surface area (Å²) in [6.45, 7) is 6.93. The highest BCUT2D eigenvalue weighted by molar-refractivity contribution is 7.77. The maximum Gasteiger partial charge on any atom is 0.237 e. The van der Waals surface area contributed by atoms with Gasteiger partial charge in [0.1, 0.15) is 0 Å². The zero-order chi connectivity index (χ0) is 20.9. The number of Topliss-reactive ketones (excluding diaryl/α,β-unsaturated/α-hetero) is 1. The van der Waals surface area contributed by atoms with E-state index >= 15 is 0 Å². The fourth-order valence-electron chi connectivity index (χ4n) is 3.09. The van der Waals surface area contributed by atoms with Crippen molar-refractivity contribution < 1.29 is 9.36 Å². The van der Waals surface area contributed by atoms with Gasteiger partial charge in [0.15, 0.2) is 12.4 Å². The van der Waals surface area contributed by atoms with Crippen molar-refractivity contribution in [3.05, 3.63) is 102 Å². The third-order valence-corrected chi connectivity index (χ3v) is 5.17. The molecule has 0 amide bonds. The van der Waals surface area contributed by atoms with Gasteiger partial charge in [-0.25, -0.2) is 0 Å². The van der Waals surface area contributed by atoms with Crippen LogP contribution in [0, 0.1) is 0 Å². The molecular weight excluding hydrogens is 376 g/mol. The molecule has 3 nitrogen and oxygen atoms in total. The van der Waals surface area contributed by atoms with Gasteiger partial charge in [0.2, 0.25) is 11.8 Å². The van der Waals surface area contributed by atoms with Gasteiger partial charge >= 0.3 is 0 Å². The van der Waals surface area contributed by atoms with Gasteiger partial charge in [-0.3, -0.25) is 4.79 Å². The lowest BCUT2D eigenvalue weighted by molar-refractivity contribution is -0.691. The molecule has 0 aliphatic carbocycles. The highest BCUT2D eigenvalue weighted by Gasteiger charge is 2.28. The van der Waals surface area contributed by atoms with Crippen molar-refractivity contribution in [1.82, 2.24) is 0 Å². The van der Waals surface area contributed by atoms with Gasteiger partial charge in [0.25, 0.3) is 0 Å². The Hall–Kier alpha value is -2.85. The molecule has 29 heavy (non-hydrogen) atoms. The lowest BCUT2D eigenvalue weighted by Gasteiger charge is -2.21. The topological polar surface area (TPSA) is 33.3 Å². The Bertz CT molecular complexity index is 975. The molecule has 2 aromatic carbocycles. The van der Waals surface area contributed by atoms with E-state index in [1.807, 2.05) is 89.8 Å². The van der Waals surface area contributed by atoms with Crippen LogP contribution in [-0.4, -0.2) is 10.8 Å². The summed E-state index contributed by atoms with van der Waals surface area (Å²) in [5.74, 6) is -0.0523. The number of carbonyl (C=O) groups is 1. The maximum atomic E-state index is 13.4. The van der Waals surface area contributed by atoms with Crippen molar-refractivity contribution in [2.45, 2.75) is 38.8 Å². The van der Waals surface area contributed by atoms with E-state index in [1.165, 1.54) is 5.56 Å². The van der Waals surface area contributed by atoms with Crippen molar-refractivity contribution in [3.8, 4) is 0 Å². The van der Waals surface area contributed by atoms with Crippen LogP contribution in [0.1, 0.15) is 48.3 Å². The maximum absolute atomic E-state index is 13.4. The van der Waals surface area contributed by atoms with E-state index in [0.717, 1.165) is 5.56 Å². The molecule has 0 aliphatic rings. The summed E-state index contributed by atoms with van der Waals surface area (Å²) in [5.41, 5.74) is 2.93. The minimum absolute atomic E-state index is 0.0372. The molecule has 0 saturated carbocycles. The fraction of sp³-hybridized carbons (Fsp3) is 0.240. The molecule has 0 bridgehead atoms. The molecule has 3 aromatic rings. The standard InChI is InChI=1S/C25H26N2OS/c1-25(2,3)21-14-12-20(13-15-21)23(28)22(27-16-8-5-9-17-27)24(29)26-18-19-10-6-4-7-11-19/h4-17,22H,18H2,1-3H3/t22-/m1/s1. The first-order valence-corrected chi connectivity index (χ1v) is 10.1. The number of aromatic nitrogens is 1. The molecule has 1 atom stereocenters. The average Bonchev–Trinajstić information content (AvgIpc) is 2.73. The van der Waals surface area contributed by atoms with Crippen LogP contribution in [-0.2, 0) is 24.6 Å². The van der Waals surface area contributed by atoms with E-state index in [2.05, 4.69) is 25.8 Å². The Morgan fingerprint density at radius 1 is 0.931 bits per heavy atom. The number of carbonyl (C=O) groups excluding carboxylic acids is 1. The van der Waals surface area contributed by atoms with Crippen LogP contribution in [0.2, 0.25) is 0 Å². The van der Waals surface area contributed by atoms with Crippen LogP contribution in [0.5, 0.6) is 0 Å². The first-order chi connectivity index (χ1) is 13.9. The predicted molar refractivity (Wildman–Crippen MR) is 120 cm³/mol. The summed E-state index contributed by atoms with van der Waals surface area (Å²) in [5, 5.41) is 0.384. The van der Waals surface area contributed by atoms with Crippen molar-refractivity contribution >= 4 is 23.5 Å². The van der Waals surface area contributed by atoms with Crippen molar-refractivity contribution in [3.63, 3.8) is 0 Å². The van der Waals surface area contributed by atoms with Gasteiger partial charge in [-0.15, -0.1) is 0 Å². The third kappa shape index (κ3) is 5.36. The summed E-state index contributed by atoms with van der Waals surface area (Å²) in [6.07, 6.45) is 3.72. The molecular formula is C25H26N2OS. The van der Waals surface area contributed by atoms with E-state index < -0.39 is 6.04 Å². The van der Waals surface area contributed by atoms with E-state index in [1.54, 1.807) is 0 Å². The molecule has 0 N–H and O–H groups in total. The Morgan fingerprint density at radius 3 is 2.10 bits per heavy atom. The number of ketones is 1. The minimum atomic E-state index is -0.643. The first-order valence-electron chi connectivity index (χ1n) is 9.72. The summed E-state index contributed by atoms with van der Waals surface area (Å²) < 4.78 is 1.83. The largest absolute Gasteiger partial charge is 0.758 e. The van der Waals surface area contributed by atoms with Gasteiger partial charge in [0.05, 0.1) is 6.54 Å². The normalized spacial score (nSPS) is 13.1. The molecule has 1 aromatic heterocycles. The van der Waals surface area contributed by atoms with Gasteiger partial charge in [0, 0.05) is 17.7 Å². The van der Waals surface area contributed by atoms with Crippen LogP contribution in [0.4, 0.5) is 0 Å². The Balaban J connectivity index is 1.92. The Kier molecular flexibility index (Phi) is 6.55. The second-order valence-electron chi connectivity index (χ2n) is 8.06. The van der Waals surface area contributed by atoms with Gasteiger partial charge in [-0.05, 0) is 21.6 Å². The Morgan fingerprint density at radius 2 is 1.52 bits per heavy atom. The quantitative estimate of drug-likeness (QED) is 0.194. The van der Waals surface area contributed by atoms with E-state index in [0.29, 0.717) is 17.2 Å². The van der Waals surface area contributed by atoms with Crippen LogP contribution >= 0.6 is 0 Å².